The monoisotopic (exact) mass is 386 g/mol. The van der Waals surface area contributed by atoms with Gasteiger partial charge < -0.3 is 34.8 Å². The minimum atomic E-state index is -0.552. The SMILES string of the molecule is COc1cc(N[C@H](C)C(=O)Nc2ccc3[nH]c(=O)[nH]c3c2)cc(OC)c1OC. The van der Waals surface area contributed by atoms with Gasteiger partial charge in [0.1, 0.15) is 6.04 Å². The molecule has 2 aromatic carbocycles. The van der Waals surface area contributed by atoms with Crippen LogP contribution in [0.1, 0.15) is 6.92 Å². The molecule has 148 valence electrons. The first-order chi connectivity index (χ1) is 13.4. The van der Waals surface area contributed by atoms with Crippen LogP contribution in [0.5, 0.6) is 17.2 Å². The number of aromatic nitrogens is 2. The molecule has 4 N–H and O–H groups in total. The molecule has 3 rings (SSSR count). The van der Waals surface area contributed by atoms with Crippen LogP contribution in [0, 0.1) is 0 Å². The summed E-state index contributed by atoms with van der Waals surface area (Å²) in [5.74, 6) is 1.20. The molecule has 1 heterocycles. The van der Waals surface area contributed by atoms with Gasteiger partial charge in [-0.15, -0.1) is 0 Å². The maximum Gasteiger partial charge on any atom is 0.323 e. The summed E-state index contributed by atoms with van der Waals surface area (Å²) < 4.78 is 15.9. The lowest BCUT2D eigenvalue weighted by Crippen LogP contribution is -2.31. The molecule has 9 heteroatoms. The standard InChI is InChI=1S/C19H22N4O5/c1-10(20-12-8-15(26-2)17(28-4)16(9-12)27-3)18(24)21-11-5-6-13-14(7-11)23-19(25)22-13/h5-10,20H,1-4H3,(H,21,24)(H2,22,23,25)/t10-/m1/s1. The number of amides is 1. The number of methoxy groups -OCH3 is 3. The van der Waals surface area contributed by atoms with Gasteiger partial charge in [0, 0.05) is 23.5 Å². The molecule has 0 aliphatic heterocycles. The van der Waals surface area contributed by atoms with E-state index in [9.17, 15) is 9.59 Å². The molecule has 0 unspecified atom stereocenters. The third-order valence-electron chi connectivity index (χ3n) is 4.22. The summed E-state index contributed by atoms with van der Waals surface area (Å²) in [6.07, 6.45) is 0. The van der Waals surface area contributed by atoms with E-state index in [0.717, 1.165) is 0 Å². The van der Waals surface area contributed by atoms with Crippen molar-refractivity contribution in [2.75, 3.05) is 32.0 Å². The second kappa shape index (κ2) is 7.95. The van der Waals surface area contributed by atoms with Crippen molar-refractivity contribution in [1.29, 1.82) is 0 Å². The number of H-pyrrole nitrogens is 2. The highest BCUT2D eigenvalue weighted by molar-refractivity contribution is 5.97. The molecule has 0 fully saturated rings. The lowest BCUT2D eigenvalue weighted by molar-refractivity contribution is -0.116. The van der Waals surface area contributed by atoms with Gasteiger partial charge in [-0.1, -0.05) is 0 Å². The van der Waals surface area contributed by atoms with Crippen molar-refractivity contribution in [3.8, 4) is 17.2 Å². The Hall–Kier alpha value is -3.62. The predicted molar refractivity (Wildman–Crippen MR) is 107 cm³/mol. The van der Waals surface area contributed by atoms with Gasteiger partial charge in [-0.05, 0) is 25.1 Å². The molecule has 0 aliphatic rings. The summed E-state index contributed by atoms with van der Waals surface area (Å²) >= 11 is 0. The van der Waals surface area contributed by atoms with Crippen molar-refractivity contribution in [2.24, 2.45) is 0 Å². The molecule has 1 amide bonds. The Morgan fingerprint density at radius 3 is 2.18 bits per heavy atom. The molecule has 28 heavy (non-hydrogen) atoms. The number of rotatable bonds is 7. The van der Waals surface area contributed by atoms with Crippen LogP contribution in [0.3, 0.4) is 0 Å². The summed E-state index contributed by atoms with van der Waals surface area (Å²) in [5, 5.41) is 5.93. The van der Waals surface area contributed by atoms with Crippen LogP contribution < -0.4 is 30.5 Å². The Labute approximate surface area is 161 Å². The number of hydrogen-bond acceptors (Lipinski definition) is 6. The Kier molecular flexibility index (Phi) is 5.44. The Balaban J connectivity index is 1.75. The number of hydrogen-bond donors (Lipinski definition) is 4. The molecule has 1 atom stereocenters. The lowest BCUT2D eigenvalue weighted by atomic mass is 10.2. The maximum atomic E-state index is 12.5. The first kappa shape index (κ1) is 19.2. The number of anilines is 2. The number of carbonyl (C=O) groups excluding carboxylic acids is 1. The van der Waals surface area contributed by atoms with Crippen LogP contribution >= 0.6 is 0 Å². The minimum absolute atomic E-state index is 0.244. The summed E-state index contributed by atoms with van der Waals surface area (Å²) in [6.45, 7) is 1.73. The van der Waals surface area contributed by atoms with E-state index in [-0.39, 0.29) is 11.6 Å². The number of carbonyl (C=O) groups is 1. The van der Waals surface area contributed by atoms with E-state index in [4.69, 9.17) is 14.2 Å². The van der Waals surface area contributed by atoms with Gasteiger partial charge in [-0.25, -0.2) is 4.79 Å². The van der Waals surface area contributed by atoms with Gasteiger partial charge in [0.15, 0.2) is 11.5 Å². The smallest absolute Gasteiger partial charge is 0.323 e. The van der Waals surface area contributed by atoms with Crippen molar-refractivity contribution in [3.63, 3.8) is 0 Å². The zero-order chi connectivity index (χ0) is 20.3. The van der Waals surface area contributed by atoms with E-state index in [0.29, 0.717) is 39.7 Å². The van der Waals surface area contributed by atoms with Gasteiger partial charge in [0.05, 0.1) is 32.4 Å². The van der Waals surface area contributed by atoms with E-state index < -0.39 is 6.04 Å². The fraction of sp³-hybridized carbons (Fsp3) is 0.263. The fourth-order valence-electron chi connectivity index (χ4n) is 2.84. The Morgan fingerprint density at radius 1 is 0.929 bits per heavy atom. The summed E-state index contributed by atoms with van der Waals surface area (Å²) in [7, 11) is 4.58. The highest BCUT2D eigenvalue weighted by Crippen LogP contribution is 2.40. The summed E-state index contributed by atoms with van der Waals surface area (Å²) in [4.78, 5) is 29.2. The molecule has 0 spiro atoms. The zero-order valence-corrected chi connectivity index (χ0v) is 16.0. The molecule has 0 saturated carbocycles. The number of imidazole rings is 1. The van der Waals surface area contributed by atoms with Crippen molar-refractivity contribution < 1.29 is 19.0 Å². The average Bonchev–Trinajstić information content (AvgIpc) is 3.06. The minimum Gasteiger partial charge on any atom is -0.493 e. The largest absolute Gasteiger partial charge is 0.493 e. The van der Waals surface area contributed by atoms with Crippen molar-refractivity contribution >= 4 is 28.3 Å². The second-order valence-corrected chi connectivity index (χ2v) is 6.11. The van der Waals surface area contributed by atoms with Crippen LogP contribution in [0.25, 0.3) is 11.0 Å². The molecule has 1 aromatic heterocycles. The first-order valence-corrected chi connectivity index (χ1v) is 8.54. The van der Waals surface area contributed by atoms with Crippen LogP contribution in [-0.2, 0) is 4.79 Å². The topological polar surface area (TPSA) is 117 Å². The van der Waals surface area contributed by atoms with Gasteiger partial charge >= 0.3 is 5.69 Å². The van der Waals surface area contributed by atoms with Gasteiger partial charge in [-0.3, -0.25) is 4.79 Å². The quantitative estimate of drug-likeness (QED) is 0.495. The summed E-state index contributed by atoms with van der Waals surface area (Å²) in [6, 6.07) is 8.03. The highest BCUT2D eigenvalue weighted by atomic mass is 16.5. The zero-order valence-electron chi connectivity index (χ0n) is 16.0. The number of fused-ring (bicyclic) bond motifs is 1. The van der Waals surface area contributed by atoms with Gasteiger partial charge in [0.25, 0.3) is 0 Å². The van der Waals surface area contributed by atoms with Crippen LogP contribution in [-0.4, -0.2) is 43.2 Å². The summed E-state index contributed by atoms with van der Waals surface area (Å²) in [5.41, 5.74) is 2.21. The second-order valence-electron chi connectivity index (χ2n) is 6.11. The predicted octanol–water partition coefficient (Wildman–Crippen LogP) is 2.32. The van der Waals surface area contributed by atoms with Crippen LogP contribution in [0.4, 0.5) is 11.4 Å². The van der Waals surface area contributed by atoms with Crippen molar-refractivity contribution in [3.05, 3.63) is 40.8 Å². The molecular formula is C19H22N4O5. The Bertz CT molecular complexity index is 1030. The average molecular weight is 386 g/mol. The van der Waals surface area contributed by atoms with Gasteiger partial charge in [0.2, 0.25) is 11.7 Å². The van der Waals surface area contributed by atoms with E-state index in [1.165, 1.54) is 21.3 Å². The molecule has 0 aliphatic carbocycles. The number of benzene rings is 2. The van der Waals surface area contributed by atoms with Crippen LogP contribution in [0.2, 0.25) is 0 Å². The maximum absolute atomic E-state index is 12.5. The van der Waals surface area contributed by atoms with Crippen molar-refractivity contribution in [1.82, 2.24) is 9.97 Å². The number of aromatic amines is 2. The van der Waals surface area contributed by atoms with Gasteiger partial charge in [-0.2, -0.15) is 0 Å². The van der Waals surface area contributed by atoms with E-state index >= 15 is 0 Å². The molecule has 0 saturated heterocycles. The van der Waals surface area contributed by atoms with Crippen molar-refractivity contribution in [2.45, 2.75) is 13.0 Å². The molecule has 9 nitrogen and oxygen atoms in total. The van der Waals surface area contributed by atoms with Crippen LogP contribution in [0.15, 0.2) is 35.1 Å². The van der Waals surface area contributed by atoms with E-state index in [2.05, 4.69) is 20.6 Å². The fourth-order valence-corrected chi connectivity index (χ4v) is 2.84. The number of nitrogens with one attached hydrogen (secondary N) is 4. The third-order valence-corrected chi connectivity index (χ3v) is 4.22. The Morgan fingerprint density at radius 2 is 1.57 bits per heavy atom. The molecule has 0 radical (unpaired) electrons. The molecular weight excluding hydrogens is 364 g/mol. The number of ether oxygens (including phenoxy) is 3. The lowest BCUT2D eigenvalue weighted by Gasteiger charge is -2.18. The third kappa shape index (κ3) is 3.88. The van der Waals surface area contributed by atoms with E-state index in [1.54, 1.807) is 37.3 Å². The molecule has 3 aromatic rings. The molecule has 0 bridgehead atoms. The first-order valence-electron chi connectivity index (χ1n) is 8.54. The van der Waals surface area contributed by atoms with E-state index in [1.807, 2.05) is 0 Å². The normalized spacial score (nSPS) is 11.7. The highest BCUT2D eigenvalue weighted by Gasteiger charge is 2.17.